The summed E-state index contributed by atoms with van der Waals surface area (Å²) < 4.78 is 6.84. The van der Waals surface area contributed by atoms with Crippen LogP contribution in [0, 0.1) is 0 Å². The van der Waals surface area contributed by atoms with Crippen LogP contribution in [-0.2, 0) is 22.6 Å². The van der Waals surface area contributed by atoms with Gasteiger partial charge in [-0.15, -0.1) is 0 Å². The lowest BCUT2D eigenvalue weighted by Crippen LogP contribution is -2.53. The number of nitrogens with one attached hydrogen (secondary N) is 1. The van der Waals surface area contributed by atoms with E-state index >= 15 is 0 Å². The fourth-order valence-corrected chi connectivity index (χ4v) is 6.38. The van der Waals surface area contributed by atoms with Crippen LogP contribution in [0.4, 0.5) is 0 Å². The highest BCUT2D eigenvalue weighted by Gasteiger charge is 2.33. The Bertz CT molecular complexity index is 1530. The smallest absolute Gasteiger partial charge is 0.261 e. The third-order valence-electron chi connectivity index (χ3n) is 7.51. The van der Waals surface area contributed by atoms with Gasteiger partial charge in [0.1, 0.15) is 11.8 Å². The molecule has 0 spiro atoms. The molecule has 0 bridgehead atoms. The Morgan fingerprint density at radius 3 is 2.44 bits per heavy atom. The second-order valence-electron chi connectivity index (χ2n) is 10.3. The maximum absolute atomic E-state index is 14.0. The van der Waals surface area contributed by atoms with Crippen LogP contribution >= 0.6 is 39.1 Å². The number of fused-ring (bicyclic) bond motifs is 1. The van der Waals surface area contributed by atoms with E-state index in [4.69, 9.17) is 27.9 Å². The predicted octanol–water partition coefficient (Wildman–Crippen LogP) is 7.99. The molecule has 4 aromatic carbocycles. The molecule has 2 amide bonds. The zero-order valence-corrected chi connectivity index (χ0v) is 25.6. The lowest BCUT2D eigenvalue weighted by molar-refractivity contribution is -0.143. The van der Waals surface area contributed by atoms with E-state index in [1.165, 1.54) is 0 Å². The molecule has 212 valence electrons. The zero-order valence-electron chi connectivity index (χ0n) is 22.5. The highest BCUT2D eigenvalue weighted by molar-refractivity contribution is 9.10. The normalized spacial score (nSPS) is 14.1. The van der Waals surface area contributed by atoms with Gasteiger partial charge in [-0.3, -0.25) is 9.59 Å². The molecule has 4 aromatic rings. The summed E-state index contributed by atoms with van der Waals surface area (Å²) in [7, 11) is 0. The number of halogens is 3. The summed E-state index contributed by atoms with van der Waals surface area (Å²) in [5.74, 6) is 0.0567. The van der Waals surface area contributed by atoms with Crippen LogP contribution in [0.5, 0.6) is 5.75 Å². The van der Waals surface area contributed by atoms with Gasteiger partial charge in [0.25, 0.3) is 5.91 Å². The number of benzene rings is 4. The minimum Gasteiger partial charge on any atom is -0.483 e. The van der Waals surface area contributed by atoms with Crippen molar-refractivity contribution < 1.29 is 14.3 Å². The summed E-state index contributed by atoms with van der Waals surface area (Å²) in [6, 6.07) is 26.0. The maximum Gasteiger partial charge on any atom is 0.261 e. The van der Waals surface area contributed by atoms with Crippen molar-refractivity contribution in [1.82, 2.24) is 10.2 Å². The second kappa shape index (κ2) is 13.7. The van der Waals surface area contributed by atoms with Gasteiger partial charge in [-0.2, -0.15) is 0 Å². The van der Waals surface area contributed by atoms with Crippen LogP contribution in [0.2, 0.25) is 10.0 Å². The summed E-state index contributed by atoms with van der Waals surface area (Å²) >= 11 is 16.3. The molecule has 0 aliphatic heterocycles. The van der Waals surface area contributed by atoms with E-state index in [2.05, 4.69) is 21.2 Å². The van der Waals surface area contributed by atoms with Gasteiger partial charge in [-0.05, 0) is 68.9 Å². The van der Waals surface area contributed by atoms with E-state index in [0.717, 1.165) is 46.5 Å². The summed E-state index contributed by atoms with van der Waals surface area (Å²) in [5.41, 5.74) is 1.65. The first-order valence-corrected chi connectivity index (χ1v) is 15.3. The second-order valence-corrected chi connectivity index (χ2v) is 12.0. The molecule has 1 unspecified atom stereocenters. The molecule has 5 rings (SSSR count). The number of carbonyl (C=O) groups is 2. The van der Waals surface area contributed by atoms with E-state index in [-0.39, 0.29) is 31.0 Å². The topological polar surface area (TPSA) is 58.6 Å². The van der Waals surface area contributed by atoms with E-state index in [0.29, 0.717) is 27.8 Å². The average Bonchev–Trinajstić information content (AvgIpc) is 3.49. The number of carbonyl (C=O) groups excluding carboxylic acids is 2. The number of nitrogens with zero attached hydrogens (tertiary/aromatic N) is 1. The van der Waals surface area contributed by atoms with Crippen molar-refractivity contribution in [2.45, 2.75) is 50.7 Å². The molecule has 8 heteroatoms. The van der Waals surface area contributed by atoms with Gasteiger partial charge < -0.3 is 15.0 Å². The first-order chi connectivity index (χ1) is 19.9. The van der Waals surface area contributed by atoms with Crippen molar-refractivity contribution in [2.75, 3.05) is 6.61 Å². The Morgan fingerprint density at radius 2 is 1.68 bits per heavy atom. The Morgan fingerprint density at radius 1 is 0.951 bits per heavy atom. The maximum atomic E-state index is 14.0. The molecule has 41 heavy (non-hydrogen) atoms. The largest absolute Gasteiger partial charge is 0.483 e. The number of rotatable bonds is 10. The number of hydrogen-bond donors (Lipinski definition) is 1. The van der Waals surface area contributed by atoms with Crippen LogP contribution in [0.3, 0.4) is 0 Å². The minimum atomic E-state index is -0.763. The van der Waals surface area contributed by atoms with E-state index in [1.807, 2.05) is 66.7 Å². The van der Waals surface area contributed by atoms with Gasteiger partial charge in [0.05, 0.1) is 4.47 Å². The molecule has 0 radical (unpaired) electrons. The lowest BCUT2D eigenvalue weighted by Gasteiger charge is -2.32. The fraction of sp³-hybridized carbons (Fsp3) is 0.273. The van der Waals surface area contributed by atoms with Crippen LogP contribution in [0.25, 0.3) is 10.8 Å². The number of ether oxygens (including phenoxy) is 1. The van der Waals surface area contributed by atoms with Crippen molar-refractivity contribution in [2.24, 2.45) is 0 Å². The summed E-state index contributed by atoms with van der Waals surface area (Å²) in [6.45, 7) is -0.114. The molecule has 0 saturated heterocycles. The van der Waals surface area contributed by atoms with Crippen molar-refractivity contribution >= 4 is 61.7 Å². The zero-order chi connectivity index (χ0) is 28.8. The molecular formula is C33H31BrCl2N2O3. The molecule has 1 atom stereocenters. The SMILES string of the molecule is O=C(NC1CCCC1)C(Cc1ccccc1)N(Cc1ccc(Cl)cc1Cl)C(=O)COc1ccc2ccccc2c1Br. The Hall–Kier alpha value is -3.06. The van der Waals surface area contributed by atoms with Crippen molar-refractivity contribution in [3.8, 4) is 5.75 Å². The summed E-state index contributed by atoms with van der Waals surface area (Å²) in [5, 5.41) is 6.19. The van der Waals surface area contributed by atoms with E-state index < -0.39 is 6.04 Å². The van der Waals surface area contributed by atoms with Crippen molar-refractivity contribution in [3.05, 3.63) is 111 Å². The standard InChI is InChI=1S/C33H31BrCl2N2O3/c34-32-27-13-7-4-10-23(27)15-17-30(32)41-21-31(39)38(20-24-14-16-25(35)19-28(24)36)29(18-22-8-2-1-3-9-22)33(40)37-26-11-5-6-12-26/h1-4,7-10,13-17,19,26,29H,5-6,11-12,18,20-21H2,(H,37,40). The average molecular weight is 654 g/mol. The lowest BCUT2D eigenvalue weighted by atomic mass is 10.0. The summed E-state index contributed by atoms with van der Waals surface area (Å²) in [4.78, 5) is 29.4. The van der Waals surface area contributed by atoms with Crippen LogP contribution in [0.1, 0.15) is 36.8 Å². The van der Waals surface area contributed by atoms with E-state index in [9.17, 15) is 9.59 Å². The van der Waals surface area contributed by atoms with Crippen molar-refractivity contribution in [3.63, 3.8) is 0 Å². The van der Waals surface area contributed by atoms with Crippen LogP contribution in [-0.4, -0.2) is 35.4 Å². The molecule has 1 aliphatic rings. The Balaban J connectivity index is 1.45. The van der Waals surface area contributed by atoms with Gasteiger partial charge in [0.15, 0.2) is 6.61 Å². The van der Waals surface area contributed by atoms with Gasteiger partial charge in [0.2, 0.25) is 5.91 Å². The van der Waals surface area contributed by atoms with Crippen molar-refractivity contribution in [1.29, 1.82) is 0 Å². The van der Waals surface area contributed by atoms with Gasteiger partial charge in [-0.25, -0.2) is 0 Å². The molecule has 1 fully saturated rings. The van der Waals surface area contributed by atoms with Gasteiger partial charge in [-0.1, -0.05) is 103 Å². The Labute approximate surface area is 258 Å². The summed E-state index contributed by atoms with van der Waals surface area (Å²) in [6.07, 6.45) is 4.42. The Kier molecular flexibility index (Phi) is 9.86. The molecule has 0 aromatic heterocycles. The molecule has 0 heterocycles. The molecular weight excluding hydrogens is 623 g/mol. The quantitative estimate of drug-likeness (QED) is 0.189. The third-order valence-corrected chi connectivity index (χ3v) is 8.91. The van der Waals surface area contributed by atoms with E-state index in [1.54, 1.807) is 23.1 Å². The molecule has 1 N–H and O–H groups in total. The van der Waals surface area contributed by atoms with Gasteiger partial charge >= 0.3 is 0 Å². The first-order valence-electron chi connectivity index (χ1n) is 13.8. The number of hydrogen-bond acceptors (Lipinski definition) is 3. The number of amides is 2. The monoisotopic (exact) mass is 652 g/mol. The highest BCUT2D eigenvalue weighted by atomic mass is 79.9. The fourth-order valence-electron chi connectivity index (χ4n) is 5.30. The highest BCUT2D eigenvalue weighted by Crippen LogP contribution is 2.33. The molecule has 1 saturated carbocycles. The minimum absolute atomic E-state index is 0.113. The first kappa shape index (κ1) is 29.4. The van der Waals surface area contributed by atoms with Gasteiger partial charge in [0, 0.05) is 29.1 Å². The van der Waals surface area contributed by atoms with Crippen LogP contribution in [0.15, 0.2) is 89.4 Å². The molecule has 1 aliphatic carbocycles. The third kappa shape index (κ3) is 7.42. The van der Waals surface area contributed by atoms with Crippen LogP contribution < -0.4 is 10.1 Å². The predicted molar refractivity (Wildman–Crippen MR) is 168 cm³/mol. The molecule has 5 nitrogen and oxygen atoms in total.